The van der Waals surface area contributed by atoms with Crippen LogP contribution in [0.5, 0.6) is 0 Å². The third kappa shape index (κ3) is 5.17. The van der Waals surface area contributed by atoms with E-state index >= 15 is 0 Å². The van der Waals surface area contributed by atoms with Gasteiger partial charge in [0.2, 0.25) is 5.91 Å². The van der Waals surface area contributed by atoms with E-state index in [4.69, 9.17) is 14.3 Å². The molecule has 0 spiro atoms. The molecule has 0 aliphatic carbocycles. The highest BCUT2D eigenvalue weighted by Gasteiger charge is 2.40. The van der Waals surface area contributed by atoms with Crippen molar-refractivity contribution in [2.24, 2.45) is 0 Å². The van der Waals surface area contributed by atoms with Gasteiger partial charge in [0.25, 0.3) is 5.91 Å². The Kier molecular flexibility index (Phi) is 6.03. The molecule has 0 aromatic heterocycles. The van der Waals surface area contributed by atoms with Gasteiger partial charge in [0.05, 0.1) is 11.4 Å². The molecule has 43 heavy (non-hydrogen) atoms. The predicted molar refractivity (Wildman–Crippen MR) is 169 cm³/mol. The quantitative estimate of drug-likeness (QED) is 0.283. The number of halogens is 2. The van der Waals surface area contributed by atoms with E-state index in [0.29, 0.717) is 94.1 Å². The summed E-state index contributed by atoms with van der Waals surface area (Å²) >= 11 is 5.90. The number of nitrogens with zero attached hydrogens (tertiary/aromatic N) is 3. The molecule has 0 bridgehead atoms. The van der Waals surface area contributed by atoms with Gasteiger partial charge in [-0.2, -0.15) is 0 Å². The summed E-state index contributed by atoms with van der Waals surface area (Å²) in [5.41, 5.74) is 3.16. The molecule has 1 atom stereocenters. The minimum absolute atomic E-state index is 0.285. The third-order valence-electron chi connectivity index (χ3n) is 8.34. The minimum atomic E-state index is -1.98. The third-order valence-corrected chi connectivity index (χ3v) is 8.58. The molecule has 218 valence electrons. The highest BCUT2D eigenvalue weighted by atomic mass is 35.5. The van der Waals surface area contributed by atoms with Crippen molar-refractivity contribution < 1.29 is 19.5 Å². The molecule has 4 aromatic carbocycles. The Balaban J connectivity index is 1.13. The van der Waals surface area contributed by atoms with Crippen LogP contribution in [0, 0.1) is 5.82 Å². The van der Waals surface area contributed by atoms with Crippen molar-refractivity contribution >= 4 is 45.6 Å². The summed E-state index contributed by atoms with van der Waals surface area (Å²) in [4.78, 5) is 31.5. The van der Waals surface area contributed by atoms with Gasteiger partial charge in [-0.3, -0.25) is 19.4 Å². The molecule has 2 saturated heterocycles. The highest BCUT2D eigenvalue weighted by Crippen LogP contribution is 2.41. The van der Waals surface area contributed by atoms with Crippen molar-refractivity contribution in [3.63, 3.8) is 0 Å². The van der Waals surface area contributed by atoms with Crippen molar-refractivity contribution in [3.05, 3.63) is 118 Å². The molecule has 1 N–H and O–H groups in total. The van der Waals surface area contributed by atoms with Crippen LogP contribution in [0.2, 0.25) is 5.02 Å². The number of piperazine rings is 1. The molecule has 8 heteroatoms. The molecule has 0 radical (unpaired) electrons. The summed E-state index contributed by atoms with van der Waals surface area (Å²) in [7, 11) is 0. The second kappa shape index (κ2) is 11.1. The normalized spacial score (nSPS) is 21.0. The maximum absolute atomic E-state index is 14.5. The van der Waals surface area contributed by atoms with Crippen molar-refractivity contribution in [2.45, 2.75) is 31.8 Å². The van der Waals surface area contributed by atoms with E-state index in [1.807, 2.05) is 4.90 Å². The summed E-state index contributed by atoms with van der Waals surface area (Å²) in [6.45, 7) is 3.60. The Labute approximate surface area is 261 Å². The lowest BCUT2D eigenvalue weighted by Crippen LogP contribution is -2.51. The lowest BCUT2D eigenvalue weighted by Gasteiger charge is -2.36. The average molecular weight is 599 g/mol. The van der Waals surface area contributed by atoms with Gasteiger partial charge in [-0.1, -0.05) is 60.6 Å². The van der Waals surface area contributed by atoms with E-state index in [0.717, 1.165) is 0 Å². The number of allylic oxidation sites excluding steroid dienone is 1. The summed E-state index contributed by atoms with van der Waals surface area (Å²) in [5, 5.41) is 4.27. The number of carbonyl (C=O) groups is 2. The zero-order valence-corrected chi connectivity index (χ0v) is 24.1. The standard InChI is InChI=1S/C35H32ClFN4O2/c1-22-5-12-32(34(42)38-22)41-31-13-10-25(27-3-2-4-28(33(27)31)35(41)43)19-23-6-8-24(9-7-23)21-39-15-17-40(18-16-39)30-14-11-26(36)20-29(30)37/h2-4,6-11,13-14,20,32H,1,5,12,15-19,21H2,(H,38,42)/i19D2,21D2. The number of nitrogens with one attached hydrogen (secondary N) is 1. The largest absolute Gasteiger partial charge is 0.367 e. The fourth-order valence-electron chi connectivity index (χ4n) is 6.20. The smallest absolute Gasteiger partial charge is 0.259 e. The zero-order valence-electron chi connectivity index (χ0n) is 27.4. The van der Waals surface area contributed by atoms with Gasteiger partial charge in [0.1, 0.15) is 11.9 Å². The Morgan fingerprint density at radius 1 is 0.953 bits per heavy atom. The molecule has 3 aliphatic heterocycles. The van der Waals surface area contributed by atoms with Gasteiger partial charge < -0.3 is 10.2 Å². The Morgan fingerprint density at radius 3 is 2.44 bits per heavy atom. The maximum Gasteiger partial charge on any atom is 0.259 e. The minimum Gasteiger partial charge on any atom is -0.367 e. The molecule has 1 unspecified atom stereocenters. The summed E-state index contributed by atoms with van der Waals surface area (Å²) in [5.74, 6) is -0.986. The van der Waals surface area contributed by atoms with E-state index in [1.165, 1.54) is 11.0 Å². The molecule has 2 amide bonds. The number of amides is 2. The van der Waals surface area contributed by atoms with Crippen LogP contribution in [-0.2, 0) is 17.7 Å². The van der Waals surface area contributed by atoms with Crippen LogP contribution >= 0.6 is 11.6 Å². The zero-order chi connectivity index (χ0) is 33.2. The van der Waals surface area contributed by atoms with Crippen LogP contribution in [-0.4, -0.2) is 48.9 Å². The first-order valence-electron chi connectivity index (χ1n) is 16.3. The number of carbonyl (C=O) groups excluding carboxylic acids is 2. The van der Waals surface area contributed by atoms with Crippen molar-refractivity contribution in [2.75, 3.05) is 36.0 Å². The van der Waals surface area contributed by atoms with Gasteiger partial charge in [-0.15, -0.1) is 0 Å². The van der Waals surface area contributed by atoms with Gasteiger partial charge in [-0.05, 0) is 71.6 Å². The molecule has 3 heterocycles. The van der Waals surface area contributed by atoms with E-state index in [2.05, 4.69) is 11.9 Å². The summed E-state index contributed by atoms with van der Waals surface area (Å²) in [6, 6.07) is 18.9. The molecule has 2 fully saturated rings. The summed E-state index contributed by atoms with van der Waals surface area (Å²) < 4.78 is 50.7. The number of hydrogen-bond donors (Lipinski definition) is 1. The first-order valence-corrected chi connectivity index (χ1v) is 14.7. The van der Waals surface area contributed by atoms with Crippen LogP contribution in [0.3, 0.4) is 0 Å². The SMILES string of the molecule is [2H]C([2H])(c1ccc(C([2H])([2H])N2CCN(c3ccc(Cl)cc3F)CC2)cc1)c1ccc2c3c(cccc13)C(=O)N2C1CCC(=C)NC1=O. The van der Waals surface area contributed by atoms with Crippen LogP contribution in [0.25, 0.3) is 10.8 Å². The van der Waals surface area contributed by atoms with Crippen molar-refractivity contribution in [1.29, 1.82) is 0 Å². The topological polar surface area (TPSA) is 55.9 Å². The number of piperidine rings is 1. The van der Waals surface area contributed by atoms with Crippen LogP contribution in [0.1, 0.15) is 45.4 Å². The maximum atomic E-state index is 14.5. The summed E-state index contributed by atoms with van der Waals surface area (Å²) in [6.07, 6.45) is -0.966. The van der Waals surface area contributed by atoms with Gasteiger partial charge >= 0.3 is 0 Å². The molecule has 4 aromatic rings. The molecular weight excluding hydrogens is 563 g/mol. The first kappa shape index (κ1) is 23.3. The Morgan fingerprint density at radius 2 is 1.70 bits per heavy atom. The number of benzene rings is 4. The highest BCUT2D eigenvalue weighted by molar-refractivity contribution is 6.30. The van der Waals surface area contributed by atoms with Gasteiger partial charge in [-0.25, -0.2) is 4.39 Å². The molecular formula is C35H32ClFN4O2. The second-order valence-corrected chi connectivity index (χ2v) is 11.5. The van der Waals surface area contributed by atoms with Gasteiger partial charge in [0.15, 0.2) is 0 Å². The van der Waals surface area contributed by atoms with E-state index in [1.54, 1.807) is 71.6 Å². The van der Waals surface area contributed by atoms with E-state index in [9.17, 15) is 16.7 Å². The van der Waals surface area contributed by atoms with Crippen molar-refractivity contribution in [1.82, 2.24) is 10.2 Å². The lowest BCUT2D eigenvalue weighted by atomic mass is 9.95. The monoisotopic (exact) mass is 598 g/mol. The molecule has 6 nitrogen and oxygen atoms in total. The average Bonchev–Trinajstić information content (AvgIpc) is 3.33. The lowest BCUT2D eigenvalue weighted by molar-refractivity contribution is -0.122. The van der Waals surface area contributed by atoms with E-state index in [-0.39, 0.29) is 11.8 Å². The Bertz CT molecular complexity index is 1950. The number of anilines is 2. The molecule has 0 saturated carbocycles. The molecule has 7 rings (SSSR count). The fraction of sp³-hybridized carbons (Fsp3) is 0.257. The van der Waals surface area contributed by atoms with Crippen LogP contribution < -0.4 is 15.1 Å². The van der Waals surface area contributed by atoms with Gasteiger partial charge in [0, 0.05) is 59.8 Å². The first-order chi connectivity index (χ1) is 22.4. The number of hydrogen-bond acceptors (Lipinski definition) is 4. The Hall–Kier alpha value is -4.20. The number of rotatable bonds is 6. The van der Waals surface area contributed by atoms with Crippen molar-refractivity contribution in [3.8, 4) is 0 Å². The second-order valence-electron chi connectivity index (χ2n) is 11.1. The van der Waals surface area contributed by atoms with E-state index < -0.39 is 24.7 Å². The predicted octanol–water partition coefficient (Wildman–Crippen LogP) is 6.30. The molecule has 3 aliphatic rings. The van der Waals surface area contributed by atoms with Crippen LogP contribution in [0.15, 0.2) is 85.1 Å². The fourth-order valence-corrected chi connectivity index (χ4v) is 6.35. The van der Waals surface area contributed by atoms with Crippen LogP contribution in [0.4, 0.5) is 15.8 Å².